The second-order valence-corrected chi connectivity index (χ2v) is 14.0. The normalized spacial score (nSPS) is 11.1. The van der Waals surface area contributed by atoms with Gasteiger partial charge in [0.2, 0.25) is 5.43 Å². The van der Waals surface area contributed by atoms with Crippen molar-refractivity contribution >= 4 is 11.7 Å². The highest BCUT2D eigenvalue weighted by atomic mass is 16.5. The minimum atomic E-state index is -0.542. The van der Waals surface area contributed by atoms with Crippen LogP contribution in [0, 0.1) is 0 Å². The molecule has 2 aromatic rings. The van der Waals surface area contributed by atoms with Gasteiger partial charge in [-0.2, -0.15) is 0 Å². The molecule has 5 nitrogen and oxygen atoms in total. The smallest absolute Gasteiger partial charge is 0.343 e. The lowest BCUT2D eigenvalue weighted by atomic mass is 10.0. The third-order valence-electron chi connectivity index (χ3n) is 9.49. The molecule has 0 saturated carbocycles. The summed E-state index contributed by atoms with van der Waals surface area (Å²) in [7, 11) is 0. The second kappa shape index (κ2) is 30.0. The minimum Gasteiger partial charge on any atom is -0.494 e. The van der Waals surface area contributed by atoms with Crippen molar-refractivity contribution in [2.24, 2.45) is 0 Å². The van der Waals surface area contributed by atoms with Gasteiger partial charge < -0.3 is 14.8 Å². The molecule has 0 bridgehead atoms. The fourth-order valence-corrected chi connectivity index (χ4v) is 6.28. The summed E-state index contributed by atoms with van der Waals surface area (Å²) >= 11 is 0. The number of carbonyl (C=O) groups is 1. The summed E-state index contributed by atoms with van der Waals surface area (Å²) in [4.78, 5) is 25.3. The van der Waals surface area contributed by atoms with Crippen LogP contribution in [0.15, 0.2) is 53.3 Å². The molecule has 0 aliphatic heterocycles. The first kappa shape index (κ1) is 42.3. The third-order valence-corrected chi connectivity index (χ3v) is 9.49. The van der Waals surface area contributed by atoms with E-state index in [2.05, 4.69) is 19.2 Å². The quantitative estimate of drug-likeness (QED) is 0.0617. The number of anilines is 1. The van der Waals surface area contributed by atoms with Gasteiger partial charge in [0.05, 0.1) is 12.2 Å². The first-order valence-corrected chi connectivity index (χ1v) is 20.5. The Morgan fingerprint density at radius 3 is 1.43 bits per heavy atom. The average molecular weight is 678 g/mol. The molecule has 0 unspecified atom stereocenters. The van der Waals surface area contributed by atoms with Crippen LogP contribution in [0.25, 0.3) is 0 Å². The first-order valence-electron chi connectivity index (χ1n) is 20.5. The van der Waals surface area contributed by atoms with Crippen LogP contribution >= 0.6 is 0 Å². The Morgan fingerprint density at radius 1 is 0.510 bits per heavy atom. The zero-order valence-electron chi connectivity index (χ0n) is 31.6. The molecule has 0 heterocycles. The molecule has 0 aromatic heterocycles. The summed E-state index contributed by atoms with van der Waals surface area (Å²) in [6, 6.07) is 13.6. The van der Waals surface area contributed by atoms with Gasteiger partial charge in [-0.25, -0.2) is 4.79 Å². The van der Waals surface area contributed by atoms with Crippen LogP contribution in [0.3, 0.4) is 0 Å². The van der Waals surface area contributed by atoms with E-state index in [0.29, 0.717) is 17.9 Å². The Balaban J connectivity index is 1.53. The molecule has 5 heteroatoms. The SMILES string of the molecule is CCCCCCCCCCCCCCCCCCOc1ccc(OC(=O)c2ccc(NCCCCCCCCCCCC)cc2)c(=O)cc1. The largest absolute Gasteiger partial charge is 0.494 e. The number of unbranched alkanes of at least 4 members (excludes halogenated alkanes) is 24. The van der Waals surface area contributed by atoms with E-state index in [1.807, 2.05) is 12.1 Å². The lowest BCUT2D eigenvalue weighted by molar-refractivity contribution is 0.0733. The molecule has 0 aliphatic carbocycles. The molecule has 0 atom stereocenters. The zero-order valence-corrected chi connectivity index (χ0v) is 31.6. The predicted molar refractivity (Wildman–Crippen MR) is 209 cm³/mol. The topological polar surface area (TPSA) is 64.6 Å². The van der Waals surface area contributed by atoms with Crippen LogP contribution in [0.1, 0.15) is 191 Å². The number of ether oxygens (including phenoxy) is 2. The van der Waals surface area contributed by atoms with Crippen LogP contribution in [-0.2, 0) is 0 Å². The molecule has 2 rings (SSSR count). The zero-order chi connectivity index (χ0) is 35.0. The van der Waals surface area contributed by atoms with E-state index in [0.717, 1.165) is 31.5 Å². The van der Waals surface area contributed by atoms with Gasteiger partial charge in [0.25, 0.3) is 0 Å². The maximum Gasteiger partial charge on any atom is 0.343 e. The number of benzene rings is 1. The van der Waals surface area contributed by atoms with Crippen LogP contribution in [0.2, 0.25) is 0 Å². The minimum absolute atomic E-state index is 0.00502. The highest BCUT2D eigenvalue weighted by Gasteiger charge is 2.11. The maximum atomic E-state index is 12.8. The Labute approximate surface area is 300 Å². The Hall–Kier alpha value is -2.82. The standard InChI is InChI=1S/C44H71NO4/c1-3-5-7-9-11-13-15-16-17-18-19-20-22-24-26-28-38-48-41-33-35-42(46)43(36-34-41)49-44(47)39-29-31-40(32-30-39)45-37-27-25-23-21-14-12-10-8-6-4-2/h29-36,45H,3-28,37-38H2,1-2H3. The Bertz CT molecular complexity index is 1130. The van der Waals surface area contributed by atoms with Gasteiger partial charge in [0.1, 0.15) is 5.75 Å². The van der Waals surface area contributed by atoms with Crippen LogP contribution in [0.5, 0.6) is 11.5 Å². The van der Waals surface area contributed by atoms with Crippen molar-refractivity contribution in [3.05, 3.63) is 64.3 Å². The van der Waals surface area contributed by atoms with Gasteiger partial charge in [-0.05, 0) is 61.4 Å². The molecule has 0 saturated heterocycles. The molecule has 0 fully saturated rings. The molecule has 276 valence electrons. The van der Waals surface area contributed by atoms with E-state index in [-0.39, 0.29) is 11.2 Å². The predicted octanol–water partition coefficient (Wildman–Crippen LogP) is 13.2. The molecule has 0 radical (unpaired) electrons. The number of hydrogen-bond acceptors (Lipinski definition) is 5. The fourth-order valence-electron chi connectivity index (χ4n) is 6.28. The summed E-state index contributed by atoms with van der Waals surface area (Å²) in [6.45, 7) is 6.08. The van der Waals surface area contributed by atoms with E-state index < -0.39 is 5.97 Å². The highest BCUT2D eigenvalue weighted by Crippen LogP contribution is 2.17. The van der Waals surface area contributed by atoms with Gasteiger partial charge in [-0.1, -0.05) is 168 Å². The van der Waals surface area contributed by atoms with E-state index in [9.17, 15) is 9.59 Å². The number of carbonyl (C=O) groups excluding carboxylic acids is 1. The van der Waals surface area contributed by atoms with E-state index in [1.54, 1.807) is 24.3 Å². The summed E-state index contributed by atoms with van der Waals surface area (Å²) < 4.78 is 11.4. The summed E-state index contributed by atoms with van der Waals surface area (Å²) in [5.41, 5.74) is 1.05. The Morgan fingerprint density at radius 2 is 0.939 bits per heavy atom. The average Bonchev–Trinajstić information content (AvgIpc) is 3.29. The van der Waals surface area contributed by atoms with Crippen molar-refractivity contribution in [3.8, 4) is 11.5 Å². The van der Waals surface area contributed by atoms with Crippen LogP contribution < -0.4 is 20.2 Å². The monoisotopic (exact) mass is 678 g/mol. The number of nitrogens with one attached hydrogen (secondary N) is 1. The van der Waals surface area contributed by atoms with Gasteiger partial charge in [0, 0.05) is 12.2 Å². The Kier molecular flexibility index (Phi) is 26.0. The van der Waals surface area contributed by atoms with Gasteiger partial charge in [-0.3, -0.25) is 4.79 Å². The molecule has 49 heavy (non-hydrogen) atoms. The lowest BCUT2D eigenvalue weighted by Gasteiger charge is -2.08. The summed E-state index contributed by atoms with van der Waals surface area (Å²) in [5.74, 6) is 0.0730. The van der Waals surface area contributed by atoms with E-state index >= 15 is 0 Å². The lowest BCUT2D eigenvalue weighted by Crippen LogP contribution is -2.13. The van der Waals surface area contributed by atoms with Gasteiger partial charge in [0.15, 0.2) is 5.75 Å². The third kappa shape index (κ3) is 22.5. The molecule has 2 aromatic carbocycles. The number of rotatable bonds is 32. The van der Waals surface area contributed by atoms with Crippen LogP contribution in [0.4, 0.5) is 5.69 Å². The van der Waals surface area contributed by atoms with Crippen molar-refractivity contribution in [1.29, 1.82) is 0 Å². The highest BCUT2D eigenvalue weighted by molar-refractivity contribution is 5.91. The molecular weight excluding hydrogens is 606 g/mol. The van der Waals surface area contributed by atoms with E-state index in [4.69, 9.17) is 9.47 Å². The van der Waals surface area contributed by atoms with Crippen molar-refractivity contribution in [2.75, 3.05) is 18.5 Å². The van der Waals surface area contributed by atoms with Gasteiger partial charge >= 0.3 is 5.97 Å². The van der Waals surface area contributed by atoms with Gasteiger partial charge in [-0.15, -0.1) is 0 Å². The first-order chi connectivity index (χ1) is 24.1. The second-order valence-electron chi connectivity index (χ2n) is 14.0. The van der Waals surface area contributed by atoms with Crippen molar-refractivity contribution in [3.63, 3.8) is 0 Å². The molecule has 0 aliphatic rings. The molecule has 1 N–H and O–H groups in total. The van der Waals surface area contributed by atoms with E-state index in [1.165, 1.54) is 160 Å². The fraction of sp³-hybridized carbons (Fsp3) is 0.682. The van der Waals surface area contributed by atoms with Crippen LogP contribution in [-0.4, -0.2) is 19.1 Å². The van der Waals surface area contributed by atoms with Crippen molar-refractivity contribution < 1.29 is 14.3 Å². The van der Waals surface area contributed by atoms with Crippen molar-refractivity contribution in [2.45, 2.75) is 181 Å². The number of hydrogen-bond donors (Lipinski definition) is 1. The summed E-state index contributed by atoms with van der Waals surface area (Å²) in [6.07, 6.45) is 34.6. The molecule has 0 spiro atoms. The summed E-state index contributed by atoms with van der Waals surface area (Å²) in [5, 5.41) is 3.44. The molecular formula is C44H71NO4. The van der Waals surface area contributed by atoms with Crippen molar-refractivity contribution in [1.82, 2.24) is 0 Å². The number of esters is 1. The maximum absolute atomic E-state index is 12.8. The molecule has 0 amide bonds.